The van der Waals surface area contributed by atoms with Gasteiger partial charge in [0.2, 0.25) is 5.91 Å². The standard InChI is InChI=1S/C5H10O2S.C2H5NO/c1-7-5(6)3-4-8-2;1-2(3)4/h3-4H2,1-2H3;1H3,(H2,3,4). The normalized spacial score (nSPS) is 7.92. The summed E-state index contributed by atoms with van der Waals surface area (Å²) in [4.78, 5) is 19.6. The first-order valence-corrected chi connectivity index (χ1v) is 4.75. The fourth-order valence-corrected chi connectivity index (χ4v) is 0.658. The molecule has 0 aromatic heterocycles. The van der Waals surface area contributed by atoms with E-state index in [-0.39, 0.29) is 11.9 Å². The second-order valence-corrected chi connectivity index (χ2v) is 2.92. The van der Waals surface area contributed by atoms with E-state index in [2.05, 4.69) is 10.5 Å². The highest BCUT2D eigenvalue weighted by Crippen LogP contribution is 1.95. The minimum atomic E-state index is -0.333. The van der Waals surface area contributed by atoms with Crippen LogP contribution in [0.3, 0.4) is 0 Å². The average Bonchev–Trinajstić information content (AvgIpc) is 1.99. The summed E-state index contributed by atoms with van der Waals surface area (Å²) in [6.07, 6.45) is 2.49. The largest absolute Gasteiger partial charge is 0.469 e. The predicted octanol–water partition coefficient (Wildman–Crippen LogP) is 0.404. The van der Waals surface area contributed by atoms with Gasteiger partial charge in [-0.2, -0.15) is 11.8 Å². The molecule has 0 saturated heterocycles. The first-order chi connectivity index (χ1) is 5.54. The van der Waals surface area contributed by atoms with Gasteiger partial charge in [-0.05, 0) is 6.26 Å². The highest BCUT2D eigenvalue weighted by atomic mass is 32.2. The molecule has 1 amide bonds. The molecule has 0 rings (SSSR count). The molecule has 12 heavy (non-hydrogen) atoms. The van der Waals surface area contributed by atoms with E-state index >= 15 is 0 Å². The SMILES string of the molecule is CC(N)=O.COC(=O)CCSC. The molecule has 0 unspecified atom stereocenters. The number of methoxy groups -OCH3 is 1. The molecule has 4 nitrogen and oxygen atoms in total. The van der Waals surface area contributed by atoms with Gasteiger partial charge in [0, 0.05) is 12.7 Å². The number of esters is 1. The van der Waals surface area contributed by atoms with Crippen LogP contribution in [-0.4, -0.2) is 31.0 Å². The molecule has 0 atom stereocenters. The Labute approximate surface area is 76.8 Å². The maximum Gasteiger partial charge on any atom is 0.306 e. The van der Waals surface area contributed by atoms with Crippen molar-refractivity contribution in [1.82, 2.24) is 0 Å². The molecular weight excluding hydrogens is 178 g/mol. The molecule has 0 heterocycles. The van der Waals surface area contributed by atoms with Crippen LogP contribution >= 0.6 is 11.8 Å². The van der Waals surface area contributed by atoms with Crippen LogP contribution in [0.5, 0.6) is 0 Å². The number of thioether (sulfide) groups is 1. The maximum absolute atomic E-state index is 10.3. The highest BCUT2D eigenvalue weighted by Gasteiger charge is 1.95. The summed E-state index contributed by atoms with van der Waals surface area (Å²) in [5.74, 6) is 0.395. The van der Waals surface area contributed by atoms with Crippen LogP contribution in [0.4, 0.5) is 0 Å². The number of amides is 1. The van der Waals surface area contributed by atoms with Crippen molar-refractivity contribution in [2.45, 2.75) is 13.3 Å². The quantitative estimate of drug-likeness (QED) is 0.659. The lowest BCUT2D eigenvalue weighted by atomic mass is 10.5. The minimum absolute atomic E-state index is 0.126. The zero-order chi connectivity index (χ0) is 9.98. The molecule has 0 spiro atoms. The number of carbonyl (C=O) groups excluding carboxylic acids is 2. The average molecular weight is 193 g/mol. The Morgan fingerprint density at radius 2 is 1.92 bits per heavy atom. The van der Waals surface area contributed by atoms with E-state index in [1.807, 2.05) is 6.26 Å². The Balaban J connectivity index is 0. The third kappa shape index (κ3) is 22.8. The van der Waals surface area contributed by atoms with Crippen molar-refractivity contribution in [2.75, 3.05) is 19.1 Å². The molecule has 0 aliphatic carbocycles. The van der Waals surface area contributed by atoms with Gasteiger partial charge < -0.3 is 10.5 Å². The zero-order valence-corrected chi connectivity index (χ0v) is 8.44. The fraction of sp³-hybridized carbons (Fsp3) is 0.714. The molecule has 0 aromatic carbocycles. The van der Waals surface area contributed by atoms with Gasteiger partial charge >= 0.3 is 5.97 Å². The van der Waals surface area contributed by atoms with Crippen LogP contribution in [0.2, 0.25) is 0 Å². The number of primary amides is 1. The molecule has 0 bridgehead atoms. The molecule has 0 radical (unpaired) electrons. The smallest absolute Gasteiger partial charge is 0.306 e. The van der Waals surface area contributed by atoms with Gasteiger partial charge in [-0.3, -0.25) is 9.59 Å². The van der Waals surface area contributed by atoms with E-state index < -0.39 is 0 Å². The van der Waals surface area contributed by atoms with Crippen molar-refractivity contribution in [3.8, 4) is 0 Å². The predicted molar refractivity (Wildman–Crippen MR) is 49.9 cm³/mol. The van der Waals surface area contributed by atoms with E-state index in [9.17, 15) is 9.59 Å². The lowest BCUT2D eigenvalue weighted by molar-refractivity contribution is -0.140. The summed E-state index contributed by atoms with van der Waals surface area (Å²) in [6, 6.07) is 0. The molecular formula is C7H15NO3S. The first kappa shape index (κ1) is 13.9. The van der Waals surface area contributed by atoms with E-state index in [0.717, 1.165) is 5.75 Å². The zero-order valence-electron chi connectivity index (χ0n) is 7.62. The minimum Gasteiger partial charge on any atom is -0.469 e. The van der Waals surface area contributed by atoms with Crippen molar-refractivity contribution in [2.24, 2.45) is 5.73 Å². The lowest BCUT2D eigenvalue weighted by Gasteiger charge is -1.93. The fourth-order valence-electron chi connectivity index (χ4n) is 0.287. The van der Waals surface area contributed by atoms with E-state index in [4.69, 9.17) is 0 Å². The summed E-state index contributed by atoms with van der Waals surface area (Å²) in [5.41, 5.74) is 4.47. The monoisotopic (exact) mass is 193 g/mol. The molecule has 0 fully saturated rings. The second-order valence-electron chi connectivity index (χ2n) is 1.93. The Hall–Kier alpha value is -0.710. The van der Waals surface area contributed by atoms with Crippen molar-refractivity contribution < 1.29 is 14.3 Å². The summed E-state index contributed by atoms with van der Waals surface area (Å²) in [6.45, 7) is 1.31. The van der Waals surface area contributed by atoms with Gasteiger partial charge in [0.1, 0.15) is 0 Å². The molecule has 0 aliphatic rings. The Bertz CT molecular complexity index is 135. The van der Waals surface area contributed by atoms with Crippen LogP contribution in [0, 0.1) is 0 Å². The Morgan fingerprint density at radius 1 is 1.50 bits per heavy atom. The molecule has 0 aromatic rings. The second kappa shape index (κ2) is 10.3. The Morgan fingerprint density at radius 3 is 2.17 bits per heavy atom. The van der Waals surface area contributed by atoms with Crippen LogP contribution < -0.4 is 5.73 Å². The maximum atomic E-state index is 10.3. The molecule has 72 valence electrons. The molecule has 0 saturated carbocycles. The van der Waals surface area contributed by atoms with Gasteiger partial charge in [-0.1, -0.05) is 0 Å². The summed E-state index contributed by atoms with van der Waals surface area (Å²) in [5, 5.41) is 0. The topological polar surface area (TPSA) is 69.4 Å². The van der Waals surface area contributed by atoms with E-state index in [1.165, 1.54) is 14.0 Å². The lowest BCUT2D eigenvalue weighted by Crippen LogP contribution is -2.01. The number of nitrogens with two attached hydrogens (primary N) is 1. The van der Waals surface area contributed by atoms with E-state index in [1.54, 1.807) is 11.8 Å². The van der Waals surface area contributed by atoms with Crippen LogP contribution in [-0.2, 0) is 14.3 Å². The van der Waals surface area contributed by atoms with Gasteiger partial charge in [0.15, 0.2) is 0 Å². The van der Waals surface area contributed by atoms with Crippen molar-refractivity contribution in [3.63, 3.8) is 0 Å². The van der Waals surface area contributed by atoms with Crippen LogP contribution in [0.15, 0.2) is 0 Å². The number of hydrogen-bond acceptors (Lipinski definition) is 4. The Kier molecular flexibility index (Phi) is 11.9. The molecule has 0 aliphatic heterocycles. The number of hydrogen-bond donors (Lipinski definition) is 1. The van der Waals surface area contributed by atoms with Crippen molar-refractivity contribution in [3.05, 3.63) is 0 Å². The van der Waals surface area contributed by atoms with Gasteiger partial charge in [0.25, 0.3) is 0 Å². The first-order valence-electron chi connectivity index (χ1n) is 3.36. The van der Waals surface area contributed by atoms with E-state index in [0.29, 0.717) is 6.42 Å². The van der Waals surface area contributed by atoms with Gasteiger partial charge in [0.05, 0.1) is 13.5 Å². The summed E-state index contributed by atoms with van der Waals surface area (Å²) < 4.78 is 4.40. The number of rotatable bonds is 3. The number of ether oxygens (including phenoxy) is 1. The van der Waals surface area contributed by atoms with Crippen molar-refractivity contribution >= 4 is 23.6 Å². The van der Waals surface area contributed by atoms with Gasteiger partial charge in [-0.25, -0.2) is 0 Å². The number of carbonyl (C=O) groups is 2. The van der Waals surface area contributed by atoms with Crippen LogP contribution in [0.1, 0.15) is 13.3 Å². The summed E-state index contributed by atoms with van der Waals surface area (Å²) >= 11 is 1.64. The molecule has 2 N–H and O–H groups in total. The van der Waals surface area contributed by atoms with Crippen molar-refractivity contribution in [1.29, 1.82) is 0 Å². The summed E-state index contributed by atoms with van der Waals surface area (Å²) in [7, 11) is 1.41. The highest BCUT2D eigenvalue weighted by molar-refractivity contribution is 7.98. The van der Waals surface area contributed by atoms with Gasteiger partial charge in [-0.15, -0.1) is 0 Å². The van der Waals surface area contributed by atoms with Crippen LogP contribution in [0.25, 0.3) is 0 Å². The third-order valence-corrected chi connectivity index (χ3v) is 1.35. The molecule has 5 heteroatoms. The third-order valence-electron chi connectivity index (χ3n) is 0.738.